The van der Waals surface area contributed by atoms with Gasteiger partial charge in [-0.2, -0.15) is 0 Å². The molecule has 1 N–H and O–H groups in total. The number of carbonyl (C=O) groups is 1. The molecule has 0 aliphatic carbocycles. The third-order valence-corrected chi connectivity index (χ3v) is 2.55. The summed E-state index contributed by atoms with van der Waals surface area (Å²) in [5, 5.41) is 0. The van der Waals surface area contributed by atoms with Crippen molar-refractivity contribution in [1.29, 1.82) is 0 Å². The summed E-state index contributed by atoms with van der Waals surface area (Å²) < 4.78 is 5.88. The molecule has 0 radical (unpaired) electrons. The van der Waals surface area contributed by atoms with Crippen LogP contribution in [0.3, 0.4) is 0 Å². The Kier molecular flexibility index (Phi) is 3.26. The highest BCUT2D eigenvalue weighted by molar-refractivity contribution is 9.10. The number of hydroxylamine groups is 1. The van der Waals surface area contributed by atoms with E-state index >= 15 is 0 Å². The molecule has 0 fully saturated rings. The van der Waals surface area contributed by atoms with Crippen molar-refractivity contribution in [2.45, 2.75) is 13.2 Å². The minimum Gasteiger partial charge on any atom is -0.430 e. The van der Waals surface area contributed by atoms with Crippen LogP contribution in [0.2, 0.25) is 0 Å². The second-order valence-electron chi connectivity index (χ2n) is 3.28. The lowest BCUT2D eigenvalue weighted by atomic mass is 10.1. The fourth-order valence-electron chi connectivity index (χ4n) is 1.33. The highest BCUT2D eigenvalue weighted by Gasteiger charge is 2.19. The number of halogens is 1. The predicted octanol–water partition coefficient (Wildman–Crippen LogP) is 2.21. The number of nitrogens with one attached hydrogen (secondary N) is 1. The molecule has 0 saturated heterocycles. The SMILES string of the molecule is CC(=O)OC1C=C(c2ccc(Br)cc2)NO1. The van der Waals surface area contributed by atoms with Crippen molar-refractivity contribution in [1.82, 2.24) is 5.48 Å². The topological polar surface area (TPSA) is 47.6 Å². The average molecular weight is 284 g/mol. The molecule has 0 bridgehead atoms. The van der Waals surface area contributed by atoms with Crippen LogP contribution in [-0.4, -0.2) is 12.3 Å². The standard InChI is InChI=1S/C11H10BrNO3/c1-7(14)15-11-6-10(13-16-11)8-2-4-9(12)5-3-8/h2-6,11,13H,1H3. The summed E-state index contributed by atoms with van der Waals surface area (Å²) >= 11 is 3.36. The highest BCUT2D eigenvalue weighted by atomic mass is 79.9. The van der Waals surface area contributed by atoms with E-state index < -0.39 is 6.29 Å². The van der Waals surface area contributed by atoms with Crippen molar-refractivity contribution in [2.24, 2.45) is 0 Å². The fourth-order valence-corrected chi connectivity index (χ4v) is 1.60. The maximum Gasteiger partial charge on any atom is 0.305 e. The number of hydrogen-bond acceptors (Lipinski definition) is 4. The van der Waals surface area contributed by atoms with Crippen LogP contribution in [0.25, 0.3) is 5.70 Å². The summed E-state index contributed by atoms with van der Waals surface area (Å²) in [7, 11) is 0. The molecule has 1 aromatic carbocycles. The zero-order valence-corrected chi connectivity index (χ0v) is 10.2. The molecular formula is C11H10BrNO3. The first-order valence-electron chi connectivity index (χ1n) is 4.72. The van der Waals surface area contributed by atoms with E-state index in [-0.39, 0.29) is 5.97 Å². The quantitative estimate of drug-likeness (QED) is 0.846. The molecule has 5 heteroatoms. The summed E-state index contributed by atoms with van der Waals surface area (Å²) in [6.45, 7) is 1.34. The van der Waals surface area contributed by atoms with Gasteiger partial charge in [-0.3, -0.25) is 10.3 Å². The molecular weight excluding hydrogens is 274 g/mol. The first kappa shape index (κ1) is 11.2. The second kappa shape index (κ2) is 4.67. The van der Waals surface area contributed by atoms with Crippen molar-refractivity contribution in [3.05, 3.63) is 40.4 Å². The van der Waals surface area contributed by atoms with Crippen LogP contribution in [0.5, 0.6) is 0 Å². The maximum atomic E-state index is 10.7. The van der Waals surface area contributed by atoms with Gasteiger partial charge in [0.2, 0.25) is 6.29 Å². The molecule has 1 atom stereocenters. The number of ether oxygens (including phenoxy) is 1. The lowest BCUT2D eigenvalue weighted by molar-refractivity contribution is -0.169. The van der Waals surface area contributed by atoms with Gasteiger partial charge in [0.25, 0.3) is 0 Å². The molecule has 2 rings (SSSR count). The van der Waals surface area contributed by atoms with Gasteiger partial charge in [-0.25, -0.2) is 4.84 Å². The first-order chi connectivity index (χ1) is 7.65. The van der Waals surface area contributed by atoms with Gasteiger partial charge in [-0.1, -0.05) is 28.1 Å². The average Bonchev–Trinajstić information content (AvgIpc) is 2.66. The zero-order valence-electron chi connectivity index (χ0n) is 8.57. The van der Waals surface area contributed by atoms with Crippen LogP contribution >= 0.6 is 15.9 Å². The first-order valence-corrected chi connectivity index (χ1v) is 5.51. The molecule has 1 heterocycles. The summed E-state index contributed by atoms with van der Waals surface area (Å²) in [5.74, 6) is -0.375. The van der Waals surface area contributed by atoms with Crippen LogP contribution in [0.1, 0.15) is 12.5 Å². The van der Waals surface area contributed by atoms with Crippen molar-refractivity contribution < 1.29 is 14.4 Å². The number of hydrogen-bond donors (Lipinski definition) is 1. The van der Waals surface area contributed by atoms with E-state index in [0.29, 0.717) is 0 Å². The molecule has 0 aromatic heterocycles. The Balaban J connectivity index is 2.11. The molecule has 84 valence electrons. The number of esters is 1. The third kappa shape index (κ3) is 2.62. The molecule has 0 amide bonds. The summed E-state index contributed by atoms with van der Waals surface area (Å²) in [5.41, 5.74) is 4.48. The summed E-state index contributed by atoms with van der Waals surface area (Å²) in [6.07, 6.45) is 1.06. The Morgan fingerprint density at radius 3 is 2.75 bits per heavy atom. The van der Waals surface area contributed by atoms with Gasteiger partial charge in [0.05, 0.1) is 5.70 Å². The Bertz CT molecular complexity index is 427. The van der Waals surface area contributed by atoms with E-state index in [4.69, 9.17) is 9.57 Å². The smallest absolute Gasteiger partial charge is 0.305 e. The zero-order chi connectivity index (χ0) is 11.5. The van der Waals surface area contributed by atoms with Crippen molar-refractivity contribution in [3.63, 3.8) is 0 Å². The van der Waals surface area contributed by atoms with Crippen LogP contribution in [0.15, 0.2) is 34.8 Å². The third-order valence-electron chi connectivity index (χ3n) is 2.03. The van der Waals surface area contributed by atoms with Crippen molar-refractivity contribution >= 4 is 27.6 Å². The van der Waals surface area contributed by atoms with Crippen molar-refractivity contribution in [2.75, 3.05) is 0 Å². The van der Waals surface area contributed by atoms with Gasteiger partial charge in [0.15, 0.2) is 0 Å². The largest absolute Gasteiger partial charge is 0.430 e. The van der Waals surface area contributed by atoms with E-state index in [9.17, 15) is 4.79 Å². The van der Waals surface area contributed by atoms with E-state index in [2.05, 4.69) is 21.4 Å². The molecule has 1 unspecified atom stereocenters. The maximum absolute atomic E-state index is 10.7. The minimum absolute atomic E-state index is 0.375. The molecule has 4 nitrogen and oxygen atoms in total. The van der Waals surface area contributed by atoms with E-state index in [1.165, 1.54) is 6.92 Å². The normalized spacial score (nSPS) is 18.9. The number of carbonyl (C=O) groups excluding carboxylic acids is 1. The Hall–Kier alpha value is -1.33. The number of benzene rings is 1. The molecule has 1 aromatic rings. The Morgan fingerprint density at radius 1 is 1.44 bits per heavy atom. The van der Waals surface area contributed by atoms with Crippen molar-refractivity contribution in [3.8, 4) is 0 Å². The highest BCUT2D eigenvalue weighted by Crippen LogP contribution is 2.20. The van der Waals surface area contributed by atoms with Crippen LogP contribution in [0, 0.1) is 0 Å². The van der Waals surface area contributed by atoms with Crippen LogP contribution < -0.4 is 5.48 Å². The summed E-state index contributed by atoms with van der Waals surface area (Å²) in [6, 6.07) is 7.72. The van der Waals surface area contributed by atoms with E-state index in [1.54, 1.807) is 6.08 Å². The molecule has 16 heavy (non-hydrogen) atoms. The molecule has 1 aliphatic heterocycles. The van der Waals surface area contributed by atoms with Gasteiger partial charge in [-0.15, -0.1) is 0 Å². The molecule has 1 aliphatic rings. The predicted molar refractivity (Wildman–Crippen MR) is 61.9 cm³/mol. The molecule has 0 spiro atoms. The van der Waals surface area contributed by atoms with Gasteiger partial charge < -0.3 is 4.74 Å². The second-order valence-corrected chi connectivity index (χ2v) is 4.20. The Morgan fingerprint density at radius 2 is 2.12 bits per heavy atom. The van der Waals surface area contributed by atoms with Gasteiger partial charge in [0.1, 0.15) is 0 Å². The fraction of sp³-hybridized carbons (Fsp3) is 0.182. The van der Waals surface area contributed by atoms with E-state index in [0.717, 1.165) is 15.7 Å². The van der Waals surface area contributed by atoms with Crippen LogP contribution in [0.4, 0.5) is 0 Å². The van der Waals surface area contributed by atoms with E-state index in [1.807, 2.05) is 24.3 Å². The monoisotopic (exact) mass is 283 g/mol. The van der Waals surface area contributed by atoms with Crippen LogP contribution in [-0.2, 0) is 14.4 Å². The molecule has 0 saturated carbocycles. The minimum atomic E-state index is -0.656. The Labute approximate surface area is 101 Å². The number of rotatable bonds is 2. The summed E-state index contributed by atoms with van der Waals surface area (Å²) in [4.78, 5) is 15.8. The van der Waals surface area contributed by atoms with Gasteiger partial charge >= 0.3 is 5.97 Å². The van der Waals surface area contributed by atoms with Gasteiger partial charge in [-0.05, 0) is 17.7 Å². The lowest BCUT2D eigenvalue weighted by Gasteiger charge is -2.06. The van der Waals surface area contributed by atoms with Gasteiger partial charge in [0, 0.05) is 17.5 Å². The lowest BCUT2D eigenvalue weighted by Crippen LogP contribution is -2.17.